The number of carbonyl (C=O) groups excluding carboxylic acids is 1. The topological polar surface area (TPSA) is 42.0 Å². The molecule has 120 valence electrons. The summed E-state index contributed by atoms with van der Waals surface area (Å²) in [5.74, 6) is 0.164. The van der Waals surface area contributed by atoms with Gasteiger partial charge in [0.2, 0.25) is 0 Å². The summed E-state index contributed by atoms with van der Waals surface area (Å²) in [6.45, 7) is 5.06. The fraction of sp³-hybridized carbons (Fsp3) is 0.688. The molecule has 0 unspecified atom stereocenters. The molecule has 0 radical (unpaired) electrons. The lowest BCUT2D eigenvalue weighted by Gasteiger charge is -2.37. The molecular formula is C16H22N2O3S. The van der Waals surface area contributed by atoms with Crippen LogP contribution in [0.15, 0.2) is 16.8 Å². The van der Waals surface area contributed by atoms with E-state index < -0.39 is 0 Å². The lowest BCUT2D eigenvalue weighted by Crippen LogP contribution is -2.51. The van der Waals surface area contributed by atoms with Crippen LogP contribution in [0, 0.1) is 0 Å². The van der Waals surface area contributed by atoms with Crippen molar-refractivity contribution in [3.05, 3.63) is 22.4 Å². The minimum atomic E-state index is 0.162. The summed E-state index contributed by atoms with van der Waals surface area (Å²) in [7, 11) is 0. The highest BCUT2D eigenvalue weighted by molar-refractivity contribution is 7.08. The first-order valence-electron chi connectivity index (χ1n) is 8.11. The van der Waals surface area contributed by atoms with Gasteiger partial charge in [-0.2, -0.15) is 11.3 Å². The fourth-order valence-electron chi connectivity index (χ4n) is 3.95. The van der Waals surface area contributed by atoms with Crippen LogP contribution in [0.25, 0.3) is 0 Å². The third kappa shape index (κ3) is 2.58. The first-order valence-corrected chi connectivity index (χ1v) is 9.05. The van der Waals surface area contributed by atoms with Crippen molar-refractivity contribution in [3.63, 3.8) is 0 Å². The van der Waals surface area contributed by atoms with Crippen LogP contribution in [0.2, 0.25) is 0 Å². The van der Waals surface area contributed by atoms with Crippen LogP contribution in [-0.2, 0) is 9.47 Å². The number of hydrogen-bond donors (Lipinski definition) is 0. The third-order valence-corrected chi connectivity index (χ3v) is 5.72. The van der Waals surface area contributed by atoms with Crippen LogP contribution in [-0.4, -0.2) is 73.3 Å². The van der Waals surface area contributed by atoms with E-state index in [2.05, 4.69) is 9.80 Å². The average molecular weight is 322 g/mol. The molecule has 1 amide bonds. The number of amides is 1. The summed E-state index contributed by atoms with van der Waals surface area (Å²) in [5, 5.41) is 3.92. The molecule has 22 heavy (non-hydrogen) atoms. The number of rotatable bonds is 2. The van der Waals surface area contributed by atoms with E-state index >= 15 is 0 Å². The molecule has 1 aromatic rings. The van der Waals surface area contributed by atoms with Crippen LogP contribution in [0.5, 0.6) is 0 Å². The molecule has 3 fully saturated rings. The van der Waals surface area contributed by atoms with E-state index in [1.54, 1.807) is 11.3 Å². The molecular weight excluding hydrogens is 300 g/mol. The number of morpholine rings is 1. The highest BCUT2D eigenvalue weighted by Crippen LogP contribution is 2.33. The van der Waals surface area contributed by atoms with Crippen LogP contribution in [0.3, 0.4) is 0 Å². The van der Waals surface area contributed by atoms with Gasteiger partial charge < -0.3 is 14.4 Å². The van der Waals surface area contributed by atoms with Gasteiger partial charge in [-0.1, -0.05) is 0 Å². The number of nitrogens with zero attached hydrogens (tertiary/aromatic N) is 2. The summed E-state index contributed by atoms with van der Waals surface area (Å²) in [4.78, 5) is 17.3. The molecule has 4 heterocycles. The second kappa shape index (κ2) is 6.28. The summed E-state index contributed by atoms with van der Waals surface area (Å²) >= 11 is 1.58. The van der Waals surface area contributed by atoms with Crippen LogP contribution < -0.4 is 0 Å². The van der Waals surface area contributed by atoms with Crippen LogP contribution in [0.1, 0.15) is 23.2 Å². The molecule has 5 nitrogen and oxygen atoms in total. The maximum atomic E-state index is 12.8. The first kappa shape index (κ1) is 14.6. The molecule has 3 saturated heterocycles. The SMILES string of the molecule is O=C(c1ccsc1)N1C[C@H](N2CCOCC2)[C@@H]2OCCC[C@@H]21. The van der Waals surface area contributed by atoms with Crippen molar-refractivity contribution < 1.29 is 14.3 Å². The molecule has 3 aliphatic heterocycles. The van der Waals surface area contributed by atoms with E-state index in [1.165, 1.54) is 0 Å². The summed E-state index contributed by atoms with van der Waals surface area (Å²) in [5.41, 5.74) is 0.817. The van der Waals surface area contributed by atoms with Gasteiger partial charge >= 0.3 is 0 Å². The van der Waals surface area contributed by atoms with Crippen molar-refractivity contribution in [2.24, 2.45) is 0 Å². The molecule has 0 aliphatic carbocycles. The Morgan fingerprint density at radius 1 is 1.23 bits per heavy atom. The number of ether oxygens (including phenoxy) is 2. The van der Waals surface area contributed by atoms with Crippen molar-refractivity contribution in [2.75, 3.05) is 39.5 Å². The lowest BCUT2D eigenvalue weighted by atomic mass is 9.99. The summed E-state index contributed by atoms with van der Waals surface area (Å²) < 4.78 is 11.6. The predicted octanol–water partition coefficient (Wildman–Crippen LogP) is 1.45. The minimum Gasteiger partial charge on any atom is -0.379 e. The standard InChI is InChI=1S/C16H22N2O3S/c19-16(12-3-9-22-11-12)18-10-14(17-4-7-20-8-5-17)15-13(18)2-1-6-21-15/h3,9,11,13-15H,1-2,4-8,10H2/t13-,14-,15+/m0/s1. The quantitative estimate of drug-likeness (QED) is 0.826. The zero-order valence-corrected chi connectivity index (χ0v) is 13.5. The van der Waals surface area contributed by atoms with Crippen molar-refractivity contribution in [1.82, 2.24) is 9.80 Å². The summed E-state index contributed by atoms with van der Waals surface area (Å²) in [6.07, 6.45) is 2.26. The van der Waals surface area contributed by atoms with E-state index in [9.17, 15) is 4.79 Å². The van der Waals surface area contributed by atoms with Crippen LogP contribution >= 0.6 is 11.3 Å². The molecule has 0 aromatic carbocycles. The molecule has 1 aromatic heterocycles. The van der Waals surface area contributed by atoms with Crippen LogP contribution in [0.4, 0.5) is 0 Å². The second-order valence-corrected chi connectivity index (χ2v) is 7.01. The Hall–Kier alpha value is -0.950. The Bertz CT molecular complexity index is 515. The van der Waals surface area contributed by atoms with Gasteiger partial charge in [0.1, 0.15) is 0 Å². The minimum absolute atomic E-state index is 0.162. The zero-order chi connectivity index (χ0) is 14.9. The molecule has 3 atom stereocenters. The maximum absolute atomic E-state index is 12.8. The highest BCUT2D eigenvalue weighted by atomic mass is 32.1. The number of carbonyl (C=O) groups is 1. The van der Waals surface area contributed by atoms with Gasteiger partial charge in [0.25, 0.3) is 5.91 Å². The molecule has 4 rings (SSSR count). The first-order chi connectivity index (χ1) is 10.8. The second-order valence-electron chi connectivity index (χ2n) is 6.23. The van der Waals surface area contributed by atoms with E-state index in [0.29, 0.717) is 6.04 Å². The normalized spacial score (nSPS) is 32.9. The molecule has 3 aliphatic rings. The Balaban J connectivity index is 1.56. The van der Waals surface area contributed by atoms with Gasteiger partial charge in [-0.15, -0.1) is 0 Å². The summed E-state index contributed by atoms with van der Waals surface area (Å²) in [6, 6.07) is 2.47. The van der Waals surface area contributed by atoms with Crippen molar-refractivity contribution >= 4 is 17.2 Å². The van der Waals surface area contributed by atoms with E-state index in [-0.39, 0.29) is 18.1 Å². The molecule has 0 N–H and O–H groups in total. The van der Waals surface area contributed by atoms with Gasteiger partial charge in [0.15, 0.2) is 0 Å². The maximum Gasteiger partial charge on any atom is 0.255 e. The van der Waals surface area contributed by atoms with Gasteiger partial charge in [0, 0.05) is 31.6 Å². The number of hydrogen-bond acceptors (Lipinski definition) is 5. The Morgan fingerprint density at radius 2 is 2.09 bits per heavy atom. The Kier molecular flexibility index (Phi) is 4.17. The van der Waals surface area contributed by atoms with E-state index in [0.717, 1.165) is 57.9 Å². The van der Waals surface area contributed by atoms with Crippen molar-refractivity contribution in [1.29, 1.82) is 0 Å². The molecule has 0 bridgehead atoms. The van der Waals surface area contributed by atoms with Gasteiger partial charge in [0.05, 0.1) is 37.0 Å². The van der Waals surface area contributed by atoms with Crippen molar-refractivity contribution in [2.45, 2.75) is 31.0 Å². The lowest BCUT2D eigenvalue weighted by molar-refractivity contribution is -0.0578. The zero-order valence-electron chi connectivity index (χ0n) is 12.6. The number of likely N-dealkylation sites (tertiary alicyclic amines) is 1. The number of thiophene rings is 1. The monoisotopic (exact) mass is 322 g/mol. The van der Waals surface area contributed by atoms with E-state index in [1.807, 2.05) is 16.8 Å². The Morgan fingerprint density at radius 3 is 2.86 bits per heavy atom. The van der Waals surface area contributed by atoms with Crippen molar-refractivity contribution in [3.8, 4) is 0 Å². The largest absolute Gasteiger partial charge is 0.379 e. The molecule has 6 heteroatoms. The predicted molar refractivity (Wildman–Crippen MR) is 84.3 cm³/mol. The fourth-order valence-corrected chi connectivity index (χ4v) is 4.58. The highest BCUT2D eigenvalue weighted by Gasteiger charge is 2.48. The third-order valence-electron chi connectivity index (χ3n) is 5.04. The average Bonchev–Trinajstić information content (AvgIpc) is 3.23. The van der Waals surface area contributed by atoms with Gasteiger partial charge in [-0.05, 0) is 24.3 Å². The molecule has 0 spiro atoms. The smallest absolute Gasteiger partial charge is 0.255 e. The molecule has 0 saturated carbocycles. The Labute approximate surface area is 134 Å². The van der Waals surface area contributed by atoms with Gasteiger partial charge in [-0.25, -0.2) is 0 Å². The van der Waals surface area contributed by atoms with Gasteiger partial charge in [-0.3, -0.25) is 9.69 Å². The number of fused-ring (bicyclic) bond motifs is 1. The van der Waals surface area contributed by atoms with E-state index in [4.69, 9.17) is 9.47 Å².